The Bertz CT molecular complexity index is 777. The van der Waals surface area contributed by atoms with Gasteiger partial charge in [0.15, 0.2) is 6.61 Å². The zero-order chi connectivity index (χ0) is 19.3. The number of aryl methyl sites for hydroxylation is 3. The fourth-order valence-electron chi connectivity index (χ4n) is 2.24. The van der Waals surface area contributed by atoms with E-state index < -0.39 is 18.7 Å². The number of carbonyl (C=O) groups is 1. The predicted octanol–water partition coefficient (Wildman–Crippen LogP) is 3.31. The Morgan fingerprint density at radius 2 is 2.08 bits per heavy atom. The molecular formula is C16H18ClF3N4O2. The van der Waals surface area contributed by atoms with Gasteiger partial charge >= 0.3 is 6.18 Å². The molecule has 0 saturated carbocycles. The molecule has 1 N–H and O–H groups in total. The van der Waals surface area contributed by atoms with E-state index in [2.05, 4.69) is 20.1 Å². The fourth-order valence-corrected chi connectivity index (χ4v) is 2.46. The fraction of sp³-hybridized carbons (Fsp3) is 0.438. The second-order valence-corrected chi connectivity index (χ2v) is 6.08. The lowest BCUT2D eigenvalue weighted by molar-refractivity contribution is -0.154. The van der Waals surface area contributed by atoms with Gasteiger partial charge in [-0.15, -0.1) is 0 Å². The molecule has 2 aromatic heterocycles. The first-order valence-electron chi connectivity index (χ1n) is 7.80. The van der Waals surface area contributed by atoms with Gasteiger partial charge in [-0.1, -0.05) is 11.6 Å². The topological polar surface area (TPSA) is 69.0 Å². The van der Waals surface area contributed by atoms with Gasteiger partial charge in [0.2, 0.25) is 5.88 Å². The summed E-state index contributed by atoms with van der Waals surface area (Å²) in [6.07, 6.45) is -2.71. The van der Waals surface area contributed by atoms with Crippen LogP contribution in [-0.2, 0) is 6.54 Å². The summed E-state index contributed by atoms with van der Waals surface area (Å²) in [5, 5.41) is 6.86. The molecule has 1 amide bonds. The Kier molecular flexibility index (Phi) is 6.47. The largest absolute Gasteiger partial charge is 0.467 e. The van der Waals surface area contributed by atoms with Gasteiger partial charge in [0.25, 0.3) is 5.91 Å². The summed E-state index contributed by atoms with van der Waals surface area (Å²) in [5.74, 6) is -0.791. The van der Waals surface area contributed by atoms with Crippen molar-refractivity contribution in [3.8, 4) is 5.88 Å². The highest BCUT2D eigenvalue weighted by Crippen LogP contribution is 2.24. The van der Waals surface area contributed by atoms with E-state index >= 15 is 0 Å². The number of hydrogen-bond acceptors (Lipinski definition) is 4. The van der Waals surface area contributed by atoms with Crippen LogP contribution in [0.3, 0.4) is 0 Å². The molecule has 0 bridgehead atoms. The Labute approximate surface area is 153 Å². The molecule has 6 nitrogen and oxygen atoms in total. The molecule has 0 aliphatic rings. The van der Waals surface area contributed by atoms with Crippen LogP contribution in [0.15, 0.2) is 18.3 Å². The summed E-state index contributed by atoms with van der Waals surface area (Å²) < 4.78 is 42.7. The molecule has 2 aromatic rings. The van der Waals surface area contributed by atoms with E-state index in [0.717, 1.165) is 17.6 Å². The minimum Gasteiger partial charge on any atom is -0.467 e. The first kappa shape index (κ1) is 20.0. The normalized spacial score (nSPS) is 11.5. The Morgan fingerprint density at radius 3 is 2.65 bits per heavy atom. The maximum Gasteiger partial charge on any atom is 0.422 e. The first-order chi connectivity index (χ1) is 12.2. The van der Waals surface area contributed by atoms with E-state index in [9.17, 15) is 18.0 Å². The third kappa shape index (κ3) is 5.91. The monoisotopic (exact) mass is 390 g/mol. The highest BCUT2D eigenvalue weighted by Gasteiger charge is 2.29. The maximum atomic E-state index is 12.1. The molecule has 0 unspecified atom stereocenters. The summed E-state index contributed by atoms with van der Waals surface area (Å²) in [5.41, 5.74) is 2.11. The highest BCUT2D eigenvalue weighted by molar-refractivity contribution is 6.32. The van der Waals surface area contributed by atoms with Gasteiger partial charge in [0.05, 0.1) is 11.3 Å². The zero-order valence-corrected chi connectivity index (χ0v) is 15.0. The predicted molar refractivity (Wildman–Crippen MR) is 89.4 cm³/mol. The van der Waals surface area contributed by atoms with Crippen molar-refractivity contribution in [1.82, 2.24) is 20.1 Å². The average Bonchev–Trinajstić information content (AvgIpc) is 2.87. The number of nitrogens with one attached hydrogen (secondary N) is 1. The second kappa shape index (κ2) is 8.39. The van der Waals surface area contributed by atoms with E-state index in [-0.39, 0.29) is 16.5 Å². The van der Waals surface area contributed by atoms with Crippen molar-refractivity contribution in [3.05, 3.63) is 40.3 Å². The summed E-state index contributed by atoms with van der Waals surface area (Å²) in [4.78, 5) is 15.7. The number of rotatable bonds is 7. The molecule has 0 spiro atoms. The van der Waals surface area contributed by atoms with E-state index in [0.29, 0.717) is 19.5 Å². The number of amides is 1. The van der Waals surface area contributed by atoms with Crippen molar-refractivity contribution < 1.29 is 22.7 Å². The molecule has 0 aromatic carbocycles. The van der Waals surface area contributed by atoms with Gasteiger partial charge in [-0.2, -0.15) is 18.3 Å². The molecule has 0 fully saturated rings. The lowest BCUT2D eigenvalue weighted by Gasteiger charge is -2.10. The number of hydrogen-bond donors (Lipinski definition) is 1. The summed E-state index contributed by atoms with van der Waals surface area (Å²) in [6, 6.07) is 3.19. The van der Waals surface area contributed by atoms with Gasteiger partial charge in [-0.25, -0.2) is 4.98 Å². The van der Waals surface area contributed by atoms with Crippen LogP contribution in [0.1, 0.15) is 28.2 Å². The number of alkyl halides is 3. The van der Waals surface area contributed by atoms with E-state index in [1.54, 1.807) is 0 Å². The van der Waals surface area contributed by atoms with Crippen molar-refractivity contribution in [2.75, 3.05) is 13.2 Å². The third-order valence-corrected chi connectivity index (χ3v) is 3.65. The van der Waals surface area contributed by atoms with E-state index in [4.69, 9.17) is 11.6 Å². The van der Waals surface area contributed by atoms with Crippen LogP contribution >= 0.6 is 11.6 Å². The molecule has 142 valence electrons. The molecule has 2 rings (SSSR count). The van der Waals surface area contributed by atoms with Gasteiger partial charge in [-0.05, 0) is 32.4 Å². The van der Waals surface area contributed by atoms with Crippen LogP contribution < -0.4 is 10.1 Å². The molecule has 0 aliphatic heterocycles. The smallest absolute Gasteiger partial charge is 0.422 e. The minimum atomic E-state index is -4.49. The first-order valence-corrected chi connectivity index (χ1v) is 8.18. The minimum absolute atomic E-state index is 0.139. The summed E-state index contributed by atoms with van der Waals surface area (Å²) >= 11 is 5.82. The third-order valence-electron chi connectivity index (χ3n) is 3.38. The number of pyridine rings is 1. The second-order valence-electron chi connectivity index (χ2n) is 5.67. The number of ether oxygens (including phenoxy) is 1. The van der Waals surface area contributed by atoms with Crippen molar-refractivity contribution in [2.45, 2.75) is 33.0 Å². The van der Waals surface area contributed by atoms with Gasteiger partial charge in [0, 0.05) is 25.0 Å². The molecule has 2 heterocycles. The Balaban J connectivity index is 1.83. The number of halogens is 4. The zero-order valence-electron chi connectivity index (χ0n) is 14.2. The van der Waals surface area contributed by atoms with Gasteiger partial charge in [0.1, 0.15) is 5.02 Å². The standard InChI is InChI=1S/C16H18ClF3N4O2/c1-10-6-11(2)24(23-10)5-3-4-21-14(25)12-7-13(17)15(22-8-12)26-9-16(18,19)20/h6-8H,3-5,9H2,1-2H3,(H,21,25). The van der Waals surface area contributed by atoms with E-state index in [1.807, 2.05) is 24.6 Å². The lowest BCUT2D eigenvalue weighted by atomic mass is 10.2. The van der Waals surface area contributed by atoms with Crippen molar-refractivity contribution in [1.29, 1.82) is 0 Å². The Morgan fingerprint density at radius 1 is 1.35 bits per heavy atom. The molecule has 10 heteroatoms. The molecule has 0 aliphatic carbocycles. The van der Waals surface area contributed by atoms with Crippen LogP contribution in [0, 0.1) is 13.8 Å². The van der Waals surface area contributed by atoms with Gasteiger partial charge in [-0.3, -0.25) is 9.48 Å². The molecule has 0 saturated heterocycles. The van der Waals surface area contributed by atoms with Crippen LogP contribution in [0.5, 0.6) is 5.88 Å². The molecule has 26 heavy (non-hydrogen) atoms. The molecule has 0 radical (unpaired) electrons. The van der Waals surface area contributed by atoms with Crippen LogP contribution in [0.2, 0.25) is 5.02 Å². The van der Waals surface area contributed by atoms with Crippen LogP contribution in [0.4, 0.5) is 13.2 Å². The number of aromatic nitrogens is 3. The van der Waals surface area contributed by atoms with Crippen LogP contribution in [-0.4, -0.2) is 40.0 Å². The molecular weight excluding hydrogens is 373 g/mol. The van der Waals surface area contributed by atoms with E-state index in [1.165, 1.54) is 6.07 Å². The summed E-state index contributed by atoms with van der Waals surface area (Å²) in [6.45, 7) is 3.42. The molecule has 0 atom stereocenters. The van der Waals surface area contributed by atoms with Crippen LogP contribution in [0.25, 0.3) is 0 Å². The average molecular weight is 391 g/mol. The van der Waals surface area contributed by atoms with Crippen molar-refractivity contribution >= 4 is 17.5 Å². The number of carbonyl (C=O) groups excluding carboxylic acids is 1. The van der Waals surface area contributed by atoms with Crippen molar-refractivity contribution in [2.24, 2.45) is 0 Å². The highest BCUT2D eigenvalue weighted by atomic mass is 35.5. The lowest BCUT2D eigenvalue weighted by Crippen LogP contribution is -2.25. The Hall–Kier alpha value is -2.29. The SMILES string of the molecule is Cc1cc(C)n(CCCNC(=O)c2cnc(OCC(F)(F)F)c(Cl)c2)n1. The number of nitrogens with zero attached hydrogens (tertiary/aromatic N) is 3. The quantitative estimate of drug-likeness (QED) is 0.736. The van der Waals surface area contributed by atoms with Gasteiger partial charge < -0.3 is 10.1 Å². The summed E-state index contributed by atoms with van der Waals surface area (Å²) in [7, 11) is 0. The maximum absolute atomic E-state index is 12.1. The van der Waals surface area contributed by atoms with Crippen molar-refractivity contribution in [3.63, 3.8) is 0 Å².